The number of likely N-dealkylation sites (N-methyl/N-ethyl adjacent to an activating group) is 1. The summed E-state index contributed by atoms with van der Waals surface area (Å²) in [6.07, 6.45) is 1.79. The van der Waals surface area contributed by atoms with Crippen molar-refractivity contribution in [2.24, 2.45) is 17.8 Å². The molecule has 0 radical (unpaired) electrons. The third-order valence-electron chi connectivity index (χ3n) is 11.7. The molecule has 1 saturated heterocycles. The Morgan fingerprint density at radius 2 is 1.75 bits per heavy atom. The van der Waals surface area contributed by atoms with Gasteiger partial charge in [0.05, 0.1) is 38.5 Å². The first-order chi connectivity index (χ1) is 26.7. The average Bonchev–Trinajstić information content (AvgIpc) is 3.55. The molecule has 0 spiro atoms. The zero-order valence-corrected chi connectivity index (χ0v) is 34.4. The number of aliphatic hydroxyl groups is 3. The van der Waals surface area contributed by atoms with Gasteiger partial charge in [-0.1, -0.05) is 75.2 Å². The van der Waals surface area contributed by atoms with Gasteiger partial charge in [0.2, 0.25) is 5.91 Å². The van der Waals surface area contributed by atoms with Gasteiger partial charge < -0.3 is 40.5 Å². The van der Waals surface area contributed by atoms with Crippen molar-refractivity contribution in [3.05, 3.63) is 83.4 Å². The summed E-state index contributed by atoms with van der Waals surface area (Å²) in [6.45, 7) is 5.96. The molecule has 5 rings (SSSR count). The molecule has 0 aromatic heterocycles. The van der Waals surface area contributed by atoms with E-state index >= 15 is 0 Å². The van der Waals surface area contributed by atoms with E-state index in [0.29, 0.717) is 36.1 Å². The molecule has 1 aliphatic heterocycles. The van der Waals surface area contributed by atoms with E-state index in [2.05, 4.69) is 24.5 Å². The third-order valence-corrected chi connectivity index (χ3v) is 11.7. The lowest BCUT2D eigenvalue weighted by Gasteiger charge is -2.36. The number of nitrogens with zero attached hydrogens (tertiary/aromatic N) is 3. The summed E-state index contributed by atoms with van der Waals surface area (Å²) in [6, 6.07) is 20.3. The lowest BCUT2D eigenvalue weighted by molar-refractivity contribution is -0.182. The minimum Gasteiger partial charge on any atom is -0.496 e. The Kier molecular flexibility index (Phi) is 14.6. The topological polar surface area (TPSA) is 147 Å². The summed E-state index contributed by atoms with van der Waals surface area (Å²) < 4.78 is 6.09. The molecule has 3 aromatic rings. The van der Waals surface area contributed by atoms with Crippen molar-refractivity contribution in [1.82, 2.24) is 20.6 Å². The zero-order chi connectivity index (χ0) is 40.7. The summed E-state index contributed by atoms with van der Waals surface area (Å²) in [5.74, 6) is 0.107. The molecule has 306 valence electrons. The number of nitrogens with one attached hydrogen (secondary N) is 2. The van der Waals surface area contributed by atoms with Crippen molar-refractivity contribution in [1.29, 1.82) is 0 Å². The number of aliphatic hydroxyl groups excluding tert-OH is 3. The van der Waals surface area contributed by atoms with Crippen LogP contribution >= 0.6 is 0 Å². The monoisotopic (exact) mass is 773 g/mol. The van der Waals surface area contributed by atoms with Gasteiger partial charge in [0.1, 0.15) is 17.9 Å². The number of hydrogen-bond donors (Lipinski definition) is 5. The molecule has 1 heterocycles. The molecule has 2 fully saturated rings. The summed E-state index contributed by atoms with van der Waals surface area (Å²) >= 11 is 0. The van der Waals surface area contributed by atoms with Crippen LogP contribution < -0.4 is 20.3 Å². The maximum absolute atomic E-state index is 14.2. The second kappa shape index (κ2) is 18.9. The Morgan fingerprint density at radius 3 is 2.38 bits per heavy atom. The highest BCUT2D eigenvalue weighted by Crippen LogP contribution is 2.39. The van der Waals surface area contributed by atoms with Crippen molar-refractivity contribution in [3.63, 3.8) is 0 Å². The van der Waals surface area contributed by atoms with E-state index in [-0.39, 0.29) is 37.6 Å². The van der Waals surface area contributed by atoms with Crippen LogP contribution in [0.15, 0.2) is 66.7 Å². The molecule has 0 bridgehead atoms. The number of benzene rings is 3. The molecule has 2 aliphatic rings. The fourth-order valence-corrected chi connectivity index (χ4v) is 8.62. The number of carbonyl (C=O) groups excluding carboxylic acids is 2. The van der Waals surface area contributed by atoms with Crippen LogP contribution in [0.1, 0.15) is 61.5 Å². The minimum atomic E-state index is -0.948. The van der Waals surface area contributed by atoms with E-state index in [1.165, 1.54) is 0 Å². The fraction of sp³-hybridized carbons (Fsp3) is 0.545. The Balaban J connectivity index is 1.49. The number of hydroxylamine groups is 2. The van der Waals surface area contributed by atoms with Crippen molar-refractivity contribution >= 4 is 17.5 Å². The van der Waals surface area contributed by atoms with Gasteiger partial charge in [-0.25, -0.2) is 0 Å². The number of anilines is 1. The minimum absolute atomic E-state index is 0.00733. The van der Waals surface area contributed by atoms with E-state index in [0.717, 1.165) is 47.2 Å². The molecule has 1 saturated carbocycles. The van der Waals surface area contributed by atoms with Gasteiger partial charge in [0, 0.05) is 55.0 Å². The molecule has 56 heavy (non-hydrogen) atoms. The highest BCUT2D eigenvalue weighted by atomic mass is 16.7. The molecule has 1 aliphatic carbocycles. The summed E-state index contributed by atoms with van der Waals surface area (Å²) in [4.78, 5) is 38.5. The van der Waals surface area contributed by atoms with E-state index in [4.69, 9.17) is 9.57 Å². The van der Waals surface area contributed by atoms with Crippen LogP contribution in [0.4, 0.5) is 5.69 Å². The summed E-state index contributed by atoms with van der Waals surface area (Å²) in [7, 11) is 9.24. The maximum atomic E-state index is 14.2. The van der Waals surface area contributed by atoms with Gasteiger partial charge >= 0.3 is 0 Å². The van der Waals surface area contributed by atoms with Crippen LogP contribution in [-0.4, -0.2) is 122 Å². The molecule has 12 heteroatoms. The standard InChI is InChI=1S/C44H63N5O7/c1-28-14-12-19-37(29(28)2)45-43(54)40-39(30(3)52)38(25-50)56-49(40)24-32-17-13-18-36(41(32)55-8)33-20-34(22-35(21-33)48(6)7)42(53)46-44(27-51,26-47(4)5)23-31-15-10-9-11-16-31/h9-11,13,15-18,20-22,28-30,37-40,50-52H,12,14,19,23-27H2,1-8H3,(H,45,54)(H,46,53)/t28-,29-,30-,37-,38-,39+,40-,44?/m0/s1. The Labute approximate surface area is 332 Å². The number of amides is 2. The Bertz CT molecular complexity index is 1770. The SMILES string of the molecule is COc1c(CN2O[C@@H](CO)[C@@H]([C@H](C)O)[C@H]2C(=O)N[C@H]2CCC[C@H](C)[C@@H]2C)cccc1-c1cc(C(=O)NC(CO)(Cc2ccccc2)CN(C)C)cc(N(C)C)c1. The van der Waals surface area contributed by atoms with Gasteiger partial charge in [-0.2, -0.15) is 5.06 Å². The Hall–Kier alpha value is -4.04. The van der Waals surface area contributed by atoms with Crippen molar-refractivity contribution in [2.45, 2.75) is 82.8 Å². The largest absolute Gasteiger partial charge is 0.496 e. The first kappa shape index (κ1) is 43.1. The Morgan fingerprint density at radius 1 is 1.02 bits per heavy atom. The van der Waals surface area contributed by atoms with Gasteiger partial charge in [-0.3, -0.25) is 14.4 Å². The van der Waals surface area contributed by atoms with E-state index in [1.807, 2.05) is 105 Å². The lowest BCUT2D eigenvalue weighted by Crippen LogP contribution is -2.58. The van der Waals surface area contributed by atoms with E-state index < -0.39 is 29.7 Å². The zero-order valence-electron chi connectivity index (χ0n) is 34.4. The molecular formula is C44H63N5O7. The van der Waals surface area contributed by atoms with Gasteiger partial charge in [0.25, 0.3) is 5.91 Å². The second-order valence-corrected chi connectivity index (χ2v) is 16.5. The number of hydrogen-bond acceptors (Lipinski definition) is 10. The van der Waals surface area contributed by atoms with Crippen molar-refractivity contribution in [2.75, 3.05) is 60.0 Å². The quantitative estimate of drug-likeness (QED) is 0.144. The molecule has 8 atom stereocenters. The van der Waals surface area contributed by atoms with Gasteiger partial charge in [-0.15, -0.1) is 0 Å². The molecule has 5 N–H and O–H groups in total. The predicted octanol–water partition coefficient (Wildman–Crippen LogP) is 4.11. The number of ether oxygens (including phenoxy) is 1. The van der Waals surface area contributed by atoms with E-state index in [9.17, 15) is 24.9 Å². The summed E-state index contributed by atoms with van der Waals surface area (Å²) in [5, 5.41) is 40.1. The molecule has 1 unspecified atom stereocenters. The van der Waals surface area contributed by atoms with Crippen LogP contribution in [0, 0.1) is 17.8 Å². The van der Waals surface area contributed by atoms with Crippen LogP contribution in [0.2, 0.25) is 0 Å². The first-order valence-corrected chi connectivity index (χ1v) is 19.8. The summed E-state index contributed by atoms with van der Waals surface area (Å²) in [5.41, 5.74) is 3.44. The van der Waals surface area contributed by atoms with Crippen LogP contribution in [0.25, 0.3) is 11.1 Å². The lowest BCUT2D eigenvalue weighted by atomic mass is 9.77. The second-order valence-electron chi connectivity index (χ2n) is 16.5. The first-order valence-electron chi connectivity index (χ1n) is 19.8. The van der Waals surface area contributed by atoms with Crippen LogP contribution in [0.3, 0.4) is 0 Å². The van der Waals surface area contributed by atoms with Crippen LogP contribution in [-0.2, 0) is 22.6 Å². The number of rotatable bonds is 16. The highest BCUT2D eigenvalue weighted by molar-refractivity contribution is 5.97. The smallest absolute Gasteiger partial charge is 0.251 e. The van der Waals surface area contributed by atoms with Gasteiger partial charge in [-0.05, 0) is 75.0 Å². The van der Waals surface area contributed by atoms with Crippen molar-refractivity contribution < 1.29 is 34.5 Å². The van der Waals surface area contributed by atoms with Crippen LogP contribution in [0.5, 0.6) is 5.75 Å². The molecule has 12 nitrogen and oxygen atoms in total. The molecule has 3 aromatic carbocycles. The number of carbonyl (C=O) groups is 2. The number of para-hydroxylation sites is 1. The maximum Gasteiger partial charge on any atom is 0.251 e. The average molecular weight is 774 g/mol. The fourth-order valence-electron chi connectivity index (χ4n) is 8.62. The molecule has 2 amide bonds. The van der Waals surface area contributed by atoms with Gasteiger partial charge in [0.15, 0.2) is 0 Å². The predicted molar refractivity (Wildman–Crippen MR) is 219 cm³/mol. The molecular weight excluding hydrogens is 711 g/mol. The number of methoxy groups -OCH3 is 1. The van der Waals surface area contributed by atoms with Crippen molar-refractivity contribution in [3.8, 4) is 16.9 Å². The third kappa shape index (κ3) is 9.90. The highest BCUT2D eigenvalue weighted by Gasteiger charge is 2.50. The van der Waals surface area contributed by atoms with E-state index in [1.54, 1.807) is 19.1 Å². The normalized spacial score (nSPS) is 24.4.